The van der Waals surface area contributed by atoms with Gasteiger partial charge < -0.3 is 14.9 Å². The van der Waals surface area contributed by atoms with Crippen molar-refractivity contribution >= 4 is 0 Å². The molecule has 5 nitrogen and oxygen atoms in total. The number of halogens is 1. The van der Waals surface area contributed by atoms with Crippen LogP contribution < -0.4 is 4.74 Å². The predicted molar refractivity (Wildman–Crippen MR) is 90.3 cm³/mol. The van der Waals surface area contributed by atoms with Gasteiger partial charge in [-0.05, 0) is 34.1 Å². The number of hydrogen-bond acceptors (Lipinski definition) is 5. The van der Waals surface area contributed by atoms with E-state index in [4.69, 9.17) is 14.9 Å². The maximum Gasteiger partial charge on any atom is 0.194 e. The van der Waals surface area contributed by atoms with Gasteiger partial charge in [-0.15, -0.1) is 29.8 Å². The van der Waals surface area contributed by atoms with E-state index in [9.17, 15) is 4.39 Å². The summed E-state index contributed by atoms with van der Waals surface area (Å²) in [6, 6.07) is 7.06. The number of aliphatic hydroxyl groups is 2. The third-order valence-electron chi connectivity index (χ3n) is 3.18. The molecule has 0 bridgehead atoms. The molecule has 7 heteroatoms. The number of ether oxygens (including phenoxy) is 1. The summed E-state index contributed by atoms with van der Waals surface area (Å²) in [5, 5.41) is 17.1. The summed E-state index contributed by atoms with van der Waals surface area (Å²) < 4.78 is 18.0. The minimum absolute atomic E-state index is 0. The molecule has 0 aliphatic heterocycles. The number of benzene rings is 1. The fraction of sp³-hybridized carbons (Fsp3) is 0.444. The van der Waals surface area contributed by atoms with Gasteiger partial charge in [0, 0.05) is 37.3 Å². The number of nitrogens with zero attached hydrogens (tertiary/aromatic N) is 2. The number of aliphatic hydroxyl groups excluding tert-OH is 2. The molecule has 2 unspecified atom stereocenters. The van der Waals surface area contributed by atoms with Gasteiger partial charge in [0.2, 0.25) is 0 Å². The van der Waals surface area contributed by atoms with E-state index >= 15 is 0 Å². The molecule has 0 spiro atoms. The number of hydrogen-bond donors (Lipinski definition) is 2. The molecule has 0 amide bonds. The van der Waals surface area contributed by atoms with Crippen LogP contribution in [0.4, 0.5) is 4.39 Å². The molecule has 0 aliphatic carbocycles. The van der Waals surface area contributed by atoms with E-state index in [1.807, 2.05) is 13.8 Å². The van der Waals surface area contributed by atoms with E-state index in [1.54, 1.807) is 19.9 Å². The summed E-state index contributed by atoms with van der Waals surface area (Å²) in [5.74, 6) is 0.0977. The average Bonchev–Trinajstić information content (AvgIpc) is 2.49. The smallest absolute Gasteiger partial charge is 0.194 e. The topological polar surface area (TPSA) is 75.5 Å². The minimum Gasteiger partial charge on any atom is -0.486 e. The molecule has 141 valence electrons. The number of rotatable bonds is 4. The standard InChI is InChI=1S/C13H12FN2O.C5H12O2.Ir/c1-8-9(2)16-13(17-3)12(15-8)10-4-6-11(14)7-5-10;1-4(6)3-5(2)7;/h4,6-7H,1-3H3;4-7H,3H2,1-2H3;/q-1;;. The predicted octanol–water partition coefficient (Wildman–Crippen LogP) is 2.84. The van der Waals surface area contributed by atoms with Crippen molar-refractivity contribution in [2.24, 2.45) is 0 Å². The van der Waals surface area contributed by atoms with Gasteiger partial charge >= 0.3 is 0 Å². The van der Waals surface area contributed by atoms with Gasteiger partial charge in [-0.2, -0.15) is 0 Å². The van der Waals surface area contributed by atoms with Crippen molar-refractivity contribution in [2.75, 3.05) is 7.11 Å². The van der Waals surface area contributed by atoms with Crippen LogP contribution in [-0.2, 0) is 20.1 Å². The van der Waals surface area contributed by atoms with E-state index < -0.39 is 0 Å². The van der Waals surface area contributed by atoms with Crippen LogP contribution in [0.5, 0.6) is 5.88 Å². The van der Waals surface area contributed by atoms with E-state index in [-0.39, 0.29) is 38.1 Å². The third kappa shape index (κ3) is 8.01. The second-order valence-corrected chi connectivity index (χ2v) is 5.61. The first-order chi connectivity index (χ1) is 11.2. The van der Waals surface area contributed by atoms with Crippen molar-refractivity contribution in [1.82, 2.24) is 9.97 Å². The summed E-state index contributed by atoms with van der Waals surface area (Å²) in [5.41, 5.74) is 2.88. The van der Waals surface area contributed by atoms with Crippen molar-refractivity contribution in [3.8, 4) is 17.1 Å². The first kappa shape index (κ1) is 23.6. The summed E-state index contributed by atoms with van der Waals surface area (Å²) in [4.78, 5) is 8.69. The molecule has 0 fully saturated rings. The van der Waals surface area contributed by atoms with Crippen LogP contribution in [0.25, 0.3) is 11.3 Å². The molecular weight excluding hydrogens is 503 g/mol. The zero-order valence-electron chi connectivity index (χ0n) is 15.0. The van der Waals surface area contributed by atoms with Crippen LogP contribution in [-0.4, -0.2) is 39.5 Å². The number of aryl methyl sites for hydroxylation is 2. The normalized spacial score (nSPS) is 12.3. The first-order valence-electron chi connectivity index (χ1n) is 7.67. The van der Waals surface area contributed by atoms with Crippen molar-refractivity contribution in [3.05, 3.63) is 41.5 Å². The summed E-state index contributed by atoms with van der Waals surface area (Å²) >= 11 is 0. The maximum atomic E-state index is 12.8. The fourth-order valence-corrected chi connectivity index (χ4v) is 1.95. The summed E-state index contributed by atoms with van der Waals surface area (Å²) in [6.45, 7) is 7.05. The van der Waals surface area contributed by atoms with Crippen LogP contribution in [0.3, 0.4) is 0 Å². The third-order valence-corrected chi connectivity index (χ3v) is 3.18. The minimum atomic E-state index is -0.375. The molecular formula is C18H24FIrN2O3-. The maximum absolute atomic E-state index is 12.8. The van der Waals surface area contributed by atoms with Gasteiger partial charge in [0.25, 0.3) is 0 Å². The molecule has 1 radical (unpaired) electrons. The quantitative estimate of drug-likeness (QED) is 0.599. The molecule has 2 N–H and O–H groups in total. The van der Waals surface area contributed by atoms with Gasteiger partial charge in [0.05, 0.1) is 25.0 Å². The van der Waals surface area contributed by atoms with Gasteiger partial charge in [0.15, 0.2) is 5.88 Å². The average molecular weight is 528 g/mol. The van der Waals surface area contributed by atoms with Crippen LogP contribution >= 0.6 is 0 Å². The number of methoxy groups -OCH3 is 1. The zero-order chi connectivity index (χ0) is 18.3. The monoisotopic (exact) mass is 528 g/mol. The Balaban J connectivity index is 0.000000620. The molecule has 0 aliphatic rings. The number of aromatic nitrogens is 2. The molecule has 2 atom stereocenters. The van der Waals surface area contributed by atoms with Gasteiger partial charge in [-0.3, -0.25) is 9.37 Å². The second-order valence-electron chi connectivity index (χ2n) is 5.61. The Bertz CT molecular complexity index is 644. The Kier molecular flexibility index (Phi) is 10.6. The van der Waals surface area contributed by atoms with Crippen molar-refractivity contribution in [2.45, 2.75) is 46.3 Å². The molecule has 0 saturated heterocycles. The van der Waals surface area contributed by atoms with E-state index in [1.165, 1.54) is 19.2 Å². The van der Waals surface area contributed by atoms with Crippen LogP contribution in [0.1, 0.15) is 31.7 Å². The summed E-state index contributed by atoms with van der Waals surface area (Å²) in [6.07, 6.45) is -0.278. The zero-order valence-corrected chi connectivity index (χ0v) is 17.4. The van der Waals surface area contributed by atoms with Crippen LogP contribution in [0.2, 0.25) is 0 Å². The largest absolute Gasteiger partial charge is 0.486 e. The van der Waals surface area contributed by atoms with E-state index in [0.717, 1.165) is 11.4 Å². The van der Waals surface area contributed by atoms with Gasteiger partial charge in [0.1, 0.15) is 0 Å². The Morgan fingerprint density at radius 2 is 1.68 bits per heavy atom. The Morgan fingerprint density at radius 1 is 1.12 bits per heavy atom. The van der Waals surface area contributed by atoms with Gasteiger partial charge in [-0.25, -0.2) is 4.98 Å². The Labute approximate surface area is 161 Å². The summed E-state index contributed by atoms with van der Waals surface area (Å²) in [7, 11) is 1.53. The SMILES string of the molecule is CC(O)CC(C)O.COc1nc(C)c(C)nc1-c1[c-]cc(F)cc1.[Ir]. The van der Waals surface area contributed by atoms with Crippen molar-refractivity contribution < 1.29 is 39.4 Å². The molecule has 2 aromatic rings. The molecule has 0 saturated carbocycles. The second kappa shape index (κ2) is 11.3. The van der Waals surface area contributed by atoms with Crippen molar-refractivity contribution in [3.63, 3.8) is 0 Å². The van der Waals surface area contributed by atoms with E-state index in [2.05, 4.69) is 16.0 Å². The first-order valence-corrected chi connectivity index (χ1v) is 7.67. The van der Waals surface area contributed by atoms with Crippen LogP contribution in [0.15, 0.2) is 18.2 Å². The molecule has 2 rings (SSSR count). The Morgan fingerprint density at radius 3 is 2.08 bits per heavy atom. The molecule has 1 heterocycles. The molecule has 1 aromatic carbocycles. The fourth-order valence-electron chi connectivity index (χ4n) is 1.95. The molecule has 1 aromatic heterocycles. The Hall–Kier alpha value is -1.40. The van der Waals surface area contributed by atoms with Gasteiger partial charge in [-0.1, -0.05) is 0 Å². The van der Waals surface area contributed by atoms with Crippen LogP contribution in [0, 0.1) is 25.7 Å². The van der Waals surface area contributed by atoms with Crippen molar-refractivity contribution in [1.29, 1.82) is 0 Å². The van der Waals surface area contributed by atoms with E-state index in [0.29, 0.717) is 23.6 Å². The molecule has 25 heavy (non-hydrogen) atoms.